The quantitative estimate of drug-likeness (QED) is 0.792. The molecule has 5 heteroatoms. The first kappa shape index (κ1) is 14.8. The third-order valence-corrected chi connectivity index (χ3v) is 3.19. The van der Waals surface area contributed by atoms with E-state index >= 15 is 0 Å². The van der Waals surface area contributed by atoms with Crippen molar-refractivity contribution in [2.75, 3.05) is 12.4 Å². The SMILES string of the molecule is CNC(=O)Cc1ccccc1NCc1cccc(F)c1O. The van der Waals surface area contributed by atoms with Crippen molar-refractivity contribution in [3.05, 3.63) is 59.4 Å². The van der Waals surface area contributed by atoms with Gasteiger partial charge < -0.3 is 15.7 Å². The number of hydrogen-bond donors (Lipinski definition) is 3. The van der Waals surface area contributed by atoms with Gasteiger partial charge in [-0.15, -0.1) is 0 Å². The fourth-order valence-corrected chi connectivity index (χ4v) is 2.00. The molecule has 0 aliphatic heterocycles. The van der Waals surface area contributed by atoms with Gasteiger partial charge in [0.05, 0.1) is 6.42 Å². The molecule has 2 rings (SSSR count). The molecule has 0 atom stereocenters. The summed E-state index contributed by atoms with van der Waals surface area (Å²) in [4.78, 5) is 11.5. The highest BCUT2D eigenvalue weighted by atomic mass is 19.1. The summed E-state index contributed by atoms with van der Waals surface area (Å²) in [6, 6.07) is 11.8. The van der Waals surface area contributed by atoms with Gasteiger partial charge in [-0.05, 0) is 17.7 Å². The lowest BCUT2D eigenvalue weighted by Crippen LogP contribution is -2.20. The fraction of sp³-hybridized carbons (Fsp3) is 0.188. The van der Waals surface area contributed by atoms with Gasteiger partial charge in [0.2, 0.25) is 5.91 Å². The molecule has 0 aliphatic carbocycles. The maximum Gasteiger partial charge on any atom is 0.224 e. The standard InChI is InChI=1S/C16H17FN2O2/c1-18-15(20)9-11-5-2-3-8-14(11)19-10-12-6-4-7-13(17)16(12)21/h2-8,19,21H,9-10H2,1H3,(H,18,20). The molecule has 21 heavy (non-hydrogen) atoms. The van der Waals surface area contributed by atoms with Gasteiger partial charge in [-0.3, -0.25) is 4.79 Å². The van der Waals surface area contributed by atoms with Crippen molar-refractivity contribution < 1.29 is 14.3 Å². The fourth-order valence-electron chi connectivity index (χ4n) is 2.00. The van der Waals surface area contributed by atoms with Crippen LogP contribution in [0.2, 0.25) is 0 Å². The Morgan fingerprint density at radius 1 is 1.14 bits per heavy atom. The lowest BCUT2D eigenvalue weighted by atomic mass is 10.1. The topological polar surface area (TPSA) is 61.4 Å². The summed E-state index contributed by atoms with van der Waals surface area (Å²) >= 11 is 0. The van der Waals surface area contributed by atoms with Gasteiger partial charge in [-0.2, -0.15) is 0 Å². The molecule has 0 saturated heterocycles. The number of benzene rings is 2. The average Bonchev–Trinajstić information content (AvgIpc) is 2.50. The number of phenols is 1. The molecule has 1 amide bonds. The second-order valence-corrected chi connectivity index (χ2v) is 4.61. The van der Waals surface area contributed by atoms with Crippen LogP contribution in [-0.2, 0) is 17.8 Å². The summed E-state index contributed by atoms with van der Waals surface area (Å²) in [5.41, 5.74) is 2.09. The largest absolute Gasteiger partial charge is 0.505 e. The highest BCUT2D eigenvalue weighted by molar-refractivity contribution is 5.80. The molecule has 0 aromatic heterocycles. The van der Waals surface area contributed by atoms with Gasteiger partial charge in [-0.25, -0.2) is 4.39 Å². The third kappa shape index (κ3) is 3.72. The van der Waals surface area contributed by atoms with Crippen LogP contribution in [0.25, 0.3) is 0 Å². The molecular weight excluding hydrogens is 271 g/mol. The monoisotopic (exact) mass is 288 g/mol. The highest BCUT2D eigenvalue weighted by Crippen LogP contribution is 2.23. The van der Waals surface area contributed by atoms with Gasteiger partial charge in [0, 0.05) is 24.8 Å². The van der Waals surface area contributed by atoms with Crippen LogP contribution in [0.1, 0.15) is 11.1 Å². The van der Waals surface area contributed by atoms with Gasteiger partial charge >= 0.3 is 0 Å². The summed E-state index contributed by atoms with van der Waals surface area (Å²) in [5.74, 6) is -1.08. The van der Waals surface area contributed by atoms with Crippen molar-refractivity contribution >= 4 is 11.6 Å². The number of anilines is 1. The highest BCUT2D eigenvalue weighted by Gasteiger charge is 2.09. The first-order chi connectivity index (χ1) is 10.1. The van der Waals surface area contributed by atoms with Crippen LogP contribution in [0.3, 0.4) is 0 Å². The molecule has 0 fully saturated rings. The van der Waals surface area contributed by atoms with Crippen LogP contribution in [0, 0.1) is 5.82 Å². The van der Waals surface area contributed by atoms with Crippen LogP contribution in [0.15, 0.2) is 42.5 Å². The molecule has 3 N–H and O–H groups in total. The zero-order chi connectivity index (χ0) is 15.2. The first-order valence-corrected chi connectivity index (χ1v) is 6.60. The second kappa shape index (κ2) is 6.74. The van der Waals surface area contributed by atoms with E-state index in [2.05, 4.69) is 10.6 Å². The van der Waals surface area contributed by atoms with E-state index in [1.54, 1.807) is 19.2 Å². The summed E-state index contributed by atoms with van der Waals surface area (Å²) in [6.07, 6.45) is 0.259. The number of likely N-dealkylation sites (N-methyl/N-ethyl adjacent to an activating group) is 1. The molecule has 2 aromatic carbocycles. The second-order valence-electron chi connectivity index (χ2n) is 4.61. The molecular formula is C16H17FN2O2. The minimum absolute atomic E-state index is 0.0853. The number of aromatic hydroxyl groups is 1. The predicted octanol–water partition coefficient (Wildman–Crippen LogP) is 2.43. The first-order valence-electron chi connectivity index (χ1n) is 6.60. The Morgan fingerprint density at radius 2 is 1.86 bits per heavy atom. The van der Waals surface area contributed by atoms with Crippen molar-refractivity contribution in [2.24, 2.45) is 0 Å². The summed E-state index contributed by atoms with van der Waals surface area (Å²) < 4.78 is 13.3. The van der Waals surface area contributed by atoms with E-state index in [0.717, 1.165) is 11.3 Å². The van der Waals surface area contributed by atoms with Crippen LogP contribution in [-0.4, -0.2) is 18.1 Å². The maximum absolute atomic E-state index is 13.3. The molecule has 2 aromatic rings. The number of amides is 1. The minimum Gasteiger partial charge on any atom is -0.505 e. The van der Waals surface area contributed by atoms with Gasteiger partial charge in [0.1, 0.15) is 0 Å². The predicted molar refractivity (Wildman–Crippen MR) is 79.6 cm³/mol. The van der Waals surface area contributed by atoms with Crippen molar-refractivity contribution in [3.63, 3.8) is 0 Å². The van der Waals surface area contributed by atoms with E-state index in [1.165, 1.54) is 6.07 Å². The number of phenolic OH excluding ortho intramolecular Hbond substituents is 1. The minimum atomic E-state index is -0.645. The lowest BCUT2D eigenvalue weighted by molar-refractivity contribution is -0.119. The van der Waals surface area contributed by atoms with E-state index in [9.17, 15) is 14.3 Å². The molecule has 0 saturated carbocycles. The number of halogens is 1. The van der Waals surface area contributed by atoms with Crippen molar-refractivity contribution in [1.82, 2.24) is 5.32 Å². The maximum atomic E-state index is 13.3. The Morgan fingerprint density at radius 3 is 2.62 bits per heavy atom. The summed E-state index contributed by atoms with van der Waals surface area (Å²) in [7, 11) is 1.59. The van der Waals surface area contributed by atoms with E-state index in [0.29, 0.717) is 5.56 Å². The van der Waals surface area contributed by atoms with Crippen molar-refractivity contribution in [1.29, 1.82) is 0 Å². The zero-order valence-corrected chi connectivity index (χ0v) is 11.7. The normalized spacial score (nSPS) is 10.2. The number of para-hydroxylation sites is 2. The molecule has 0 aliphatic rings. The molecule has 110 valence electrons. The Bertz CT molecular complexity index is 644. The van der Waals surface area contributed by atoms with E-state index < -0.39 is 5.82 Å². The smallest absolute Gasteiger partial charge is 0.224 e. The average molecular weight is 288 g/mol. The van der Waals surface area contributed by atoms with Gasteiger partial charge in [-0.1, -0.05) is 30.3 Å². The number of hydrogen-bond acceptors (Lipinski definition) is 3. The number of nitrogens with one attached hydrogen (secondary N) is 2. The van der Waals surface area contributed by atoms with Crippen molar-refractivity contribution in [3.8, 4) is 5.75 Å². The molecule has 0 spiro atoms. The molecule has 4 nitrogen and oxygen atoms in total. The van der Waals surface area contributed by atoms with Crippen LogP contribution >= 0.6 is 0 Å². The summed E-state index contributed by atoms with van der Waals surface area (Å²) in [5, 5.41) is 15.3. The molecule has 0 radical (unpaired) electrons. The third-order valence-electron chi connectivity index (χ3n) is 3.19. The molecule has 0 unspecified atom stereocenters. The molecule has 0 bridgehead atoms. The Balaban J connectivity index is 2.13. The van der Waals surface area contributed by atoms with E-state index in [4.69, 9.17) is 0 Å². The van der Waals surface area contributed by atoms with Gasteiger partial charge in [0.25, 0.3) is 0 Å². The number of rotatable bonds is 5. The van der Waals surface area contributed by atoms with Crippen LogP contribution < -0.4 is 10.6 Å². The van der Waals surface area contributed by atoms with Crippen LogP contribution in [0.5, 0.6) is 5.75 Å². The van der Waals surface area contributed by atoms with Crippen LogP contribution in [0.4, 0.5) is 10.1 Å². The Hall–Kier alpha value is -2.56. The van der Waals surface area contributed by atoms with E-state index in [-0.39, 0.29) is 24.6 Å². The molecule has 0 heterocycles. The zero-order valence-electron chi connectivity index (χ0n) is 11.7. The van der Waals surface area contributed by atoms with E-state index in [1.807, 2.05) is 24.3 Å². The lowest BCUT2D eigenvalue weighted by Gasteiger charge is -2.12. The number of carbonyl (C=O) groups excluding carboxylic acids is 1. The Labute approximate surface area is 122 Å². The number of carbonyl (C=O) groups is 1. The van der Waals surface area contributed by atoms with Gasteiger partial charge in [0.15, 0.2) is 11.6 Å². The Kier molecular flexibility index (Phi) is 4.77. The van der Waals surface area contributed by atoms with Crippen molar-refractivity contribution in [2.45, 2.75) is 13.0 Å². The summed E-state index contributed by atoms with van der Waals surface area (Å²) in [6.45, 7) is 0.272.